The molecule has 4 heteroatoms. The van der Waals surface area contributed by atoms with Gasteiger partial charge in [-0.15, -0.1) is 0 Å². The van der Waals surface area contributed by atoms with Crippen LogP contribution in [0.25, 0.3) is 0 Å². The lowest BCUT2D eigenvalue weighted by molar-refractivity contribution is -0.139. The first-order valence-electron chi connectivity index (χ1n) is 2.68. The highest BCUT2D eigenvalue weighted by Crippen LogP contribution is 2.07. The van der Waals surface area contributed by atoms with Gasteiger partial charge in [-0.25, -0.2) is 0 Å². The van der Waals surface area contributed by atoms with Crippen LogP contribution in [-0.4, -0.2) is 23.4 Å². The Morgan fingerprint density at radius 2 is 2.78 bits per heavy atom. The van der Waals surface area contributed by atoms with E-state index in [0.29, 0.717) is 6.42 Å². The predicted octanol–water partition coefficient (Wildman–Crippen LogP) is 0.236. The number of hydrogen-bond acceptors (Lipinski definition) is 3. The zero-order valence-corrected chi connectivity index (χ0v) is 4.78. The van der Waals surface area contributed by atoms with Crippen LogP contribution in [0.4, 0.5) is 0 Å². The number of carbonyl (C=O) groups is 1. The van der Waals surface area contributed by atoms with Gasteiger partial charge in [-0.05, 0) is 0 Å². The first kappa shape index (κ1) is 6.07. The first-order chi connectivity index (χ1) is 4.29. The van der Waals surface area contributed by atoms with Gasteiger partial charge in [0.2, 0.25) is 0 Å². The third kappa shape index (κ3) is 1.71. The molecule has 0 bridgehead atoms. The molecule has 1 aliphatic rings. The number of nitrogens with zero attached hydrogens (tertiary/aromatic N) is 1. The van der Waals surface area contributed by atoms with Gasteiger partial charge in [-0.3, -0.25) is 4.79 Å². The van der Waals surface area contributed by atoms with Crippen molar-refractivity contribution in [3.05, 3.63) is 0 Å². The van der Waals surface area contributed by atoms with Gasteiger partial charge >= 0.3 is 5.97 Å². The summed E-state index contributed by atoms with van der Waals surface area (Å²) in [6, 6.07) is 0. The molecule has 1 aliphatic heterocycles. The van der Waals surface area contributed by atoms with Gasteiger partial charge in [0.1, 0.15) is 6.10 Å². The molecule has 0 aromatic carbocycles. The van der Waals surface area contributed by atoms with Crippen LogP contribution in [-0.2, 0) is 9.63 Å². The first-order valence-corrected chi connectivity index (χ1v) is 2.68. The van der Waals surface area contributed by atoms with E-state index in [0.717, 1.165) is 0 Å². The van der Waals surface area contributed by atoms with Crippen molar-refractivity contribution in [1.82, 2.24) is 0 Å². The summed E-state index contributed by atoms with van der Waals surface area (Å²) in [5.41, 5.74) is 0. The van der Waals surface area contributed by atoms with Gasteiger partial charge < -0.3 is 9.94 Å². The van der Waals surface area contributed by atoms with E-state index in [1.807, 2.05) is 0 Å². The van der Waals surface area contributed by atoms with Crippen LogP contribution in [0.15, 0.2) is 5.16 Å². The largest absolute Gasteiger partial charge is 0.481 e. The quantitative estimate of drug-likeness (QED) is 0.580. The molecule has 0 saturated carbocycles. The fourth-order valence-electron chi connectivity index (χ4n) is 0.648. The molecular weight excluding hydrogens is 122 g/mol. The number of aliphatic carboxylic acids is 1. The third-order valence-electron chi connectivity index (χ3n) is 1.06. The molecule has 4 nitrogen and oxygen atoms in total. The van der Waals surface area contributed by atoms with Crippen LogP contribution in [0.5, 0.6) is 0 Å². The fourth-order valence-corrected chi connectivity index (χ4v) is 0.648. The number of carboxylic acid groups (broad SMARTS) is 1. The molecule has 1 heterocycles. The van der Waals surface area contributed by atoms with Crippen LogP contribution < -0.4 is 0 Å². The minimum Gasteiger partial charge on any atom is -0.481 e. The van der Waals surface area contributed by atoms with Crippen molar-refractivity contribution in [2.75, 3.05) is 0 Å². The van der Waals surface area contributed by atoms with Crippen molar-refractivity contribution in [3.63, 3.8) is 0 Å². The summed E-state index contributed by atoms with van der Waals surface area (Å²) < 4.78 is 0. The lowest BCUT2D eigenvalue weighted by Gasteiger charge is -2.01. The van der Waals surface area contributed by atoms with E-state index in [-0.39, 0.29) is 12.5 Å². The Hall–Kier alpha value is -1.06. The average molecular weight is 129 g/mol. The molecule has 0 saturated heterocycles. The minimum absolute atomic E-state index is 0.0417. The van der Waals surface area contributed by atoms with Gasteiger partial charge in [0, 0.05) is 12.6 Å². The Morgan fingerprint density at radius 1 is 2.00 bits per heavy atom. The second-order valence-electron chi connectivity index (χ2n) is 1.85. The second-order valence-corrected chi connectivity index (χ2v) is 1.85. The molecular formula is C5H7NO3. The molecule has 0 aromatic rings. The maximum Gasteiger partial charge on any atom is 0.307 e. The van der Waals surface area contributed by atoms with Crippen LogP contribution >= 0.6 is 0 Å². The molecule has 0 unspecified atom stereocenters. The third-order valence-corrected chi connectivity index (χ3v) is 1.06. The van der Waals surface area contributed by atoms with Crippen molar-refractivity contribution in [2.45, 2.75) is 18.9 Å². The summed E-state index contributed by atoms with van der Waals surface area (Å²) >= 11 is 0. The number of oxime groups is 1. The maximum atomic E-state index is 10.0. The van der Waals surface area contributed by atoms with Crippen LogP contribution in [0.1, 0.15) is 12.8 Å². The maximum absolute atomic E-state index is 10.0. The molecule has 0 spiro atoms. The SMILES string of the molecule is O=C(O)C[C@H]1CC=NO1. The van der Waals surface area contributed by atoms with Crippen molar-refractivity contribution in [3.8, 4) is 0 Å². The standard InChI is InChI=1S/C5H7NO3/c7-5(8)3-4-1-2-6-9-4/h2,4H,1,3H2,(H,7,8)/t4-/m1/s1. The van der Waals surface area contributed by atoms with Gasteiger partial charge in [0.05, 0.1) is 6.42 Å². The van der Waals surface area contributed by atoms with E-state index in [2.05, 4.69) is 9.99 Å². The average Bonchev–Trinajstić information content (AvgIpc) is 2.15. The molecule has 1 rings (SSSR count). The Balaban J connectivity index is 2.22. The van der Waals surface area contributed by atoms with Crippen molar-refractivity contribution in [2.24, 2.45) is 5.16 Å². The molecule has 9 heavy (non-hydrogen) atoms. The van der Waals surface area contributed by atoms with Crippen molar-refractivity contribution >= 4 is 12.2 Å². The van der Waals surface area contributed by atoms with Crippen molar-refractivity contribution in [1.29, 1.82) is 0 Å². The molecule has 0 radical (unpaired) electrons. The highest BCUT2D eigenvalue weighted by molar-refractivity contribution is 5.69. The van der Waals surface area contributed by atoms with E-state index in [1.54, 1.807) is 6.21 Å². The zero-order valence-electron chi connectivity index (χ0n) is 4.78. The molecule has 0 amide bonds. The monoisotopic (exact) mass is 129 g/mol. The summed E-state index contributed by atoms with van der Waals surface area (Å²) in [5, 5.41) is 11.7. The highest BCUT2D eigenvalue weighted by Gasteiger charge is 2.16. The number of carboxylic acids is 1. The van der Waals surface area contributed by atoms with Crippen LogP contribution in [0, 0.1) is 0 Å². The topological polar surface area (TPSA) is 58.9 Å². The van der Waals surface area contributed by atoms with E-state index in [9.17, 15) is 4.79 Å². The predicted molar refractivity (Wildman–Crippen MR) is 30.2 cm³/mol. The van der Waals surface area contributed by atoms with Crippen LogP contribution in [0.2, 0.25) is 0 Å². The summed E-state index contributed by atoms with van der Waals surface area (Å²) in [6.45, 7) is 0. The van der Waals surface area contributed by atoms with Gasteiger partial charge in [0.15, 0.2) is 0 Å². The number of hydrogen-bond donors (Lipinski definition) is 1. The number of rotatable bonds is 2. The zero-order chi connectivity index (χ0) is 6.69. The van der Waals surface area contributed by atoms with Gasteiger partial charge in [-0.1, -0.05) is 5.16 Å². The van der Waals surface area contributed by atoms with Gasteiger partial charge in [-0.2, -0.15) is 0 Å². The van der Waals surface area contributed by atoms with Crippen LogP contribution in [0.3, 0.4) is 0 Å². The highest BCUT2D eigenvalue weighted by atomic mass is 16.6. The summed E-state index contributed by atoms with van der Waals surface area (Å²) in [6.07, 6.45) is 2.00. The normalized spacial score (nSPS) is 23.8. The van der Waals surface area contributed by atoms with Crippen molar-refractivity contribution < 1.29 is 14.7 Å². The summed E-state index contributed by atoms with van der Waals surface area (Å²) in [4.78, 5) is 14.7. The molecule has 50 valence electrons. The minimum atomic E-state index is -0.842. The summed E-state index contributed by atoms with van der Waals surface area (Å²) in [5.74, 6) is -0.842. The Bertz CT molecular complexity index is 135. The second kappa shape index (κ2) is 2.48. The molecule has 0 aromatic heterocycles. The van der Waals surface area contributed by atoms with Gasteiger partial charge in [0.25, 0.3) is 0 Å². The van der Waals surface area contributed by atoms with E-state index >= 15 is 0 Å². The lowest BCUT2D eigenvalue weighted by atomic mass is 10.2. The summed E-state index contributed by atoms with van der Waals surface area (Å²) in [7, 11) is 0. The lowest BCUT2D eigenvalue weighted by Crippen LogP contribution is -2.11. The van der Waals surface area contributed by atoms with E-state index in [4.69, 9.17) is 5.11 Å². The molecule has 1 atom stereocenters. The Morgan fingerprint density at radius 3 is 3.22 bits per heavy atom. The van der Waals surface area contributed by atoms with E-state index in [1.165, 1.54) is 0 Å². The molecule has 0 fully saturated rings. The Kier molecular flexibility index (Phi) is 1.67. The van der Waals surface area contributed by atoms with E-state index < -0.39 is 5.97 Å². The fraction of sp³-hybridized carbons (Fsp3) is 0.600. The smallest absolute Gasteiger partial charge is 0.307 e. The Labute approximate surface area is 52.1 Å². The molecule has 1 N–H and O–H groups in total. The molecule has 0 aliphatic carbocycles.